The Balaban J connectivity index is 1.64. The van der Waals surface area contributed by atoms with E-state index in [2.05, 4.69) is 27.8 Å². The van der Waals surface area contributed by atoms with Crippen LogP contribution in [0.1, 0.15) is 42.0 Å². The minimum absolute atomic E-state index is 0.166. The first kappa shape index (κ1) is 23.0. The van der Waals surface area contributed by atoms with Crippen LogP contribution in [0.2, 0.25) is 0 Å². The molecule has 0 amide bonds. The van der Waals surface area contributed by atoms with E-state index in [0.29, 0.717) is 32.2 Å². The van der Waals surface area contributed by atoms with Gasteiger partial charge < -0.3 is 25.2 Å². The second-order valence-electron chi connectivity index (χ2n) is 7.69. The molecule has 1 unspecified atom stereocenters. The number of ether oxygens (including phenoxy) is 2. The number of aliphatic hydroxyl groups excluding tert-OH is 1. The molecular formula is C24H32FN3O3. The SMILES string of the molecule is CCNC(=NCc1ccc(F)c(CO)c1)NCc1ccc(C)cc1OCC1CCCO1. The smallest absolute Gasteiger partial charge is 0.191 e. The largest absolute Gasteiger partial charge is 0.491 e. The van der Waals surface area contributed by atoms with Crippen molar-refractivity contribution in [2.24, 2.45) is 4.99 Å². The maximum Gasteiger partial charge on any atom is 0.191 e. The summed E-state index contributed by atoms with van der Waals surface area (Å²) >= 11 is 0. The third kappa shape index (κ3) is 6.94. The highest BCUT2D eigenvalue weighted by atomic mass is 19.1. The minimum atomic E-state index is -0.407. The third-order valence-corrected chi connectivity index (χ3v) is 5.16. The van der Waals surface area contributed by atoms with Gasteiger partial charge in [-0.15, -0.1) is 0 Å². The zero-order chi connectivity index (χ0) is 22.1. The molecule has 6 nitrogen and oxygen atoms in total. The van der Waals surface area contributed by atoms with Gasteiger partial charge in [-0.2, -0.15) is 0 Å². The molecular weight excluding hydrogens is 397 g/mol. The standard InChI is InChI=1S/C24H32FN3O3/c1-3-26-24(27-13-18-7-9-22(25)20(12-18)15-29)28-14-19-8-6-17(2)11-23(19)31-16-21-5-4-10-30-21/h6-9,11-12,21,29H,3-5,10,13-16H2,1-2H3,(H2,26,27,28). The van der Waals surface area contributed by atoms with E-state index in [9.17, 15) is 9.50 Å². The van der Waals surface area contributed by atoms with Crippen molar-refractivity contribution in [1.29, 1.82) is 0 Å². The molecule has 1 saturated heterocycles. The molecule has 0 spiro atoms. The fourth-order valence-electron chi connectivity index (χ4n) is 3.44. The maximum absolute atomic E-state index is 13.6. The molecule has 0 aromatic heterocycles. The van der Waals surface area contributed by atoms with E-state index in [1.54, 1.807) is 12.1 Å². The molecule has 1 fully saturated rings. The normalized spacial score (nSPS) is 16.4. The lowest BCUT2D eigenvalue weighted by Crippen LogP contribution is -2.37. The Bertz CT molecular complexity index is 882. The summed E-state index contributed by atoms with van der Waals surface area (Å²) in [5, 5.41) is 15.8. The van der Waals surface area contributed by atoms with Gasteiger partial charge in [0.25, 0.3) is 0 Å². The molecule has 168 valence electrons. The Hall–Kier alpha value is -2.64. The lowest BCUT2D eigenvalue weighted by molar-refractivity contribution is 0.0676. The number of aliphatic imine (C=N–C) groups is 1. The minimum Gasteiger partial charge on any atom is -0.491 e. The van der Waals surface area contributed by atoms with Gasteiger partial charge in [-0.3, -0.25) is 0 Å². The van der Waals surface area contributed by atoms with Gasteiger partial charge in [-0.25, -0.2) is 9.38 Å². The highest BCUT2D eigenvalue weighted by Gasteiger charge is 2.17. The van der Waals surface area contributed by atoms with Gasteiger partial charge >= 0.3 is 0 Å². The predicted octanol–water partition coefficient (Wildman–Crippen LogP) is 3.44. The summed E-state index contributed by atoms with van der Waals surface area (Å²) in [5.74, 6) is 1.10. The van der Waals surface area contributed by atoms with E-state index in [1.165, 1.54) is 6.07 Å². The van der Waals surface area contributed by atoms with Crippen molar-refractivity contribution in [2.75, 3.05) is 19.8 Å². The van der Waals surface area contributed by atoms with E-state index in [-0.39, 0.29) is 18.3 Å². The van der Waals surface area contributed by atoms with Crippen LogP contribution in [0.25, 0.3) is 0 Å². The lowest BCUT2D eigenvalue weighted by Gasteiger charge is -2.17. The van der Waals surface area contributed by atoms with Crippen LogP contribution in [0, 0.1) is 12.7 Å². The summed E-state index contributed by atoms with van der Waals surface area (Å²) in [4.78, 5) is 4.59. The molecule has 7 heteroatoms. The van der Waals surface area contributed by atoms with Crippen LogP contribution in [-0.2, 0) is 24.4 Å². The van der Waals surface area contributed by atoms with Gasteiger partial charge in [0.15, 0.2) is 5.96 Å². The Labute approximate surface area is 183 Å². The predicted molar refractivity (Wildman–Crippen MR) is 120 cm³/mol. The van der Waals surface area contributed by atoms with Crippen LogP contribution in [0.5, 0.6) is 5.75 Å². The van der Waals surface area contributed by atoms with Gasteiger partial charge in [0, 0.05) is 30.8 Å². The number of hydrogen-bond donors (Lipinski definition) is 3. The number of aryl methyl sites for hydroxylation is 1. The molecule has 31 heavy (non-hydrogen) atoms. The van der Waals surface area contributed by atoms with Gasteiger partial charge in [-0.1, -0.05) is 18.2 Å². The van der Waals surface area contributed by atoms with Crippen molar-refractivity contribution in [2.45, 2.75) is 52.5 Å². The van der Waals surface area contributed by atoms with Crippen molar-refractivity contribution in [3.8, 4) is 5.75 Å². The number of nitrogens with one attached hydrogen (secondary N) is 2. The molecule has 3 N–H and O–H groups in total. The summed E-state index contributed by atoms with van der Waals surface area (Å²) in [6.45, 7) is 6.73. The first-order valence-corrected chi connectivity index (χ1v) is 10.8. The number of guanidine groups is 1. The number of nitrogens with zero attached hydrogens (tertiary/aromatic N) is 1. The summed E-state index contributed by atoms with van der Waals surface area (Å²) in [7, 11) is 0. The molecule has 0 aliphatic carbocycles. The molecule has 2 aromatic carbocycles. The van der Waals surface area contributed by atoms with Crippen LogP contribution < -0.4 is 15.4 Å². The summed E-state index contributed by atoms with van der Waals surface area (Å²) in [6.07, 6.45) is 2.30. The quantitative estimate of drug-likeness (QED) is 0.421. The van der Waals surface area contributed by atoms with Crippen molar-refractivity contribution < 1.29 is 19.0 Å². The fourth-order valence-corrected chi connectivity index (χ4v) is 3.44. The highest BCUT2D eigenvalue weighted by molar-refractivity contribution is 5.79. The van der Waals surface area contributed by atoms with Gasteiger partial charge in [0.1, 0.15) is 18.2 Å². The lowest BCUT2D eigenvalue weighted by atomic mass is 10.1. The second kappa shape index (κ2) is 11.7. The zero-order valence-electron chi connectivity index (χ0n) is 18.3. The Morgan fingerprint density at radius 2 is 2.10 bits per heavy atom. The van der Waals surface area contributed by atoms with Crippen molar-refractivity contribution in [3.05, 3.63) is 64.5 Å². The molecule has 1 atom stereocenters. The summed E-state index contributed by atoms with van der Waals surface area (Å²) in [6, 6.07) is 10.9. The van der Waals surface area contributed by atoms with Gasteiger partial charge in [-0.05, 0) is 56.0 Å². The van der Waals surface area contributed by atoms with Crippen molar-refractivity contribution in [3.63, 3.8) is 0 Å². The maximum atomic E-state index is 13.6. The third-order valence-electron chi connectivity index (χ3n) is 5.16. The van der Waals surface area contributed by atoms with E-state index < -0.39 is 5.82 Å². The average molecular weight is 430 g/mol. The van der Waals surface area contributed by atoms with Crippen molar-refractivity contribution >= 4 is 5.96 Å². The van der Waals surface area contributed by atoms with Crippen LogP contribution in [-0.4, -0.2) is 36.9 Å². The number of halogens is 1. The molecule has 0 saturated carbocycles. The molecule has 3 rings (SSSR count). The van der Waals surface area contributed by atoms with E-state index >= 15 is 0 Å². The fraction of sp³-hybridized carbons (Fsp3) is 0.458. The molecule has 0 radical (unpaired) electrons. The van der Waals surface area contributed by atoms with Crippen LogP contribution >= 0.6 is 0 Å². The van der Waals surface area contributed by atoms with E-state index in [0.717, 1.165) is 41.9 Å². The van der Waals surface area contributed by atoms with E-state index in [4.69, 9.17) is 9.47 Å². The molecule has 1 aliphatic rings. The number of hydrogen-bond acceptors (Lipinski definition) is 4. The molecule has 1 aliphatic heterocycles. The zero-order valence-corrected chi connectivity index (χ0v) is 18.3. The number of benzene rings is 2. The molecule has 0 bridgehead atoms. The number of aliphatic hydroxyl groups is 1. The van der Waals surface area contributed by atoms with Crippen LogP contribution in [0.4, 0.5) is 4.39 Å². The topological polar surface area (TPSA) is 75.1 Å². The highest BCUT2D eigenvalue weighted by Crippen LogP contribution is 2.22. The second-order valence-corrected chi connectivity index (χ2v) is 7.69. The van der Waals surface area contributed by atoms with Crippen LogP contribution in [0.3, 0.4) is 0 Å². The Kier molecular flexibility index (Phi) is 8.67. The van der Waals surface area contributed by atoms with Gasteiger partial charge in [0.2, 0.25) is 0 Å². The summed E-state index contributed by atoms with van der Waals surface area (Å²) < 4.78 is 25.3. The Morgan fingerprint density at radius 1 is 1.23 bits per heavy atom. The molecule has 1 heterocycles. The van der Waals surface area contributed by atoms with Crippen LogP contribution in [0.15, 0.2) is 41.4 Å². The van der Waals surface area contributed by atoms with Gasteiger partial charge in [0.05, 0.1) is 19.3 Å². The number of rotatable bonds is 9. The Morgan fingerprint density at radius 3 is 2.84 bits per heavy atom. The first-order valence-electron chi connectivity index (χ1n) is 10.8. The summed E-state index contributed by atoms with van der Waals surface area (Å²) in [5.41, 5.74) is 3.29. The van der Waals surface area contributed by atoms with Crippen molar-refractivity contribution in [1.82, 2.24) is 10.6 Å². The monoisotopic (exact) mass is 429 g/mol. The molecule has 2 aromatic rings. The first-order chi connectivity index (χ1) is 15.1. The van der Waals surface area contributed by atoms with E-state index in [1.807, 2.05) is 19.9 Å². The average Bonchev–Trinajstić information content (AvgIpc) is 3.29.